The highest BCUT2D eigenvalue weighted by Gasteiger charge is 2.14. The highest BCUT2D eigenvalue weighted by Crippen LogP contribution is 2.27. The second kappa shape index (κ2) is 3.38. The van der Waals surface area contributed by atoms with Gasteiger partial charge in [0, 0.05) is 10.9 Å². The lowest BCUT2D eigenvalue weighted by Gasteiger charge is -1.98. The average molecular weight is 208 g/mol. The molecule has 0 spiro atoms. The highest BCUT2D eigenvalue weighted by atomic mass is 19.1. The first-order valence-corrected chi connectivity index (χ1v) is 4.46. The summed E-state index contributed by atoms with van der Waals surface area (Å²) in [5, 5.41) is 9.24. The van der Waals surface area contributed by atoms with Crippen LogP contribution in [0.2, 0.25) is 0 Å². The molecule has 0 bridgehead atoms. The van der Waals surface area contributed by atoms with Crippen LogP contribution in [0, 0.1) is 12.7 Å². The van der Waals surface area contributed by atoms with Crippen molar-refractivity contribution in [3.63, 3.8) is 0 Å². The maximum Gasteiger partial charge on any atom is 0.307 e. The molecule has 0 saturated heterocycles. The molecule has 0 radical (unpaired) electrons. The first-order valence-electron chi connectivity index (χ1n) is 4.46. The van der Waals surface area contributed by atoms with E-state index in [0.29, 0.717) is 10.9 Å². The summed E-state index contributed by atoms with van der Waals surface area (Å²) in [7, 11) is 0. The van der Waals surface area contributed by atoms with Crippen molar-refractivity contribution < 1.29 is 18.7 Å². The number of hydrogen-bond acceptors (Lipinski definition) is 2. The van der Waals surface area contributed by atoms with Gasteiger partial charge in [0.2, 0.25) is 0 Å². The Bertz CT molecular complexity index is 528. The molecule has 15 heavy (non-hydrogen) atoms. The smallest absolute Gasteiger partial charge is 0.307 e. The third-order valence-electron chi connectivity index (χ3n) is 2.30. The molecule has 0 aliphatic carbocycles. The van der Waals surface area contributed by atoms with E-state index in [4.69, 9.17) is 9.52 Å². The molecular formula is C11H9FO3. The summed E-state index contributed by atoms with van der Waals surface area (Å²) in [6.07, 6.45) is 1.14. The Labute approximate surface area is 85.1 Å². The predicted octanol–water partition coefficient (Wildman–Crippen LogP) is 2.51. The fourth-order valence-corrected chi connectivity index (χ4v) is 1.65. The number of carbonyl (C=O) groups is 1. The maximum absolute atomic E-state index is 13.3. The molecule has 2 rings (SSSR count). The number of furan rings is 1. The van der Waals surface area contributed by atoms with Crippen LogP contribution in [-0.4, -0.2) is 11.1 Å². The van der Waals surface area contributed by atoms with E-state index in [9.17, 15) is 9.18 Å². The Morgan fingerprint density at radius 2 is 2.27 bits per heavy atom. The van der Waals surface area contributed by atoms with Crippen molar-refractivity contribution in [1.82, 2.24) is 0 Å². The van der Waals surface area contributed by atoms with Gasteiger partial charge in [0.15, 0.2) is 11.4 Å². The second-order valence-electron chi connectivity index (χ2n) is 3.40. The molecule has 0 saturated carbocycles. The molecule has 1 aromatic heterocycles. The molecule has 3 nitrogen and oxygen atoms in total. The molecule has 2 aromatic rings. The summed E-state index contributed by atoms with van der Waals surface area (Å²) in [5.74, 6) is -1.42. The molecule has 4 heteroatoms. The van der Waals surface area contributed by atoms with Crippen LogP contribution in [0.15, 0.2) is 22.8 Å². The molecule has 0 aliphatic rings. The van der Waals surface area contributed by atoms with Crippen molar-refractivity contribution in [2.75, 3.05) is 0 Å². The molecule has 0 fully saturated rings. The van der Waals surface area contributed by atoms with Gasteiger partial charge in [-0.2, -0.15) is 0 Å². The van der Waals surface area contributed by atoms with Gasteiger partial charge < -0.3 is 9.52 Å². The Morgan fingerprint density at radius 3 is 2.93 bits per heavy atom. The minimum absolute atomic E-state index is 0.131. The van der Waals surface area contributed by atoms with Gasteiger partial charge in [-0.1, -0.05) is 6.07 Å². The van der Waals surface area contributed by atoms with Crippen LogP contribution in [-0.2, 0) is 11.2 Å². The van der Waals surface area contributed by atoms with Crippen molar-refractivity contribution in [1.29, 1.82) is 0 Å². The van der Waals surface area contributed by atoms with E-state index in [-0.39, 0.29) is 12.0 Å². The number of hydrogen-bond donors (Lipinski definition) is 1. The molecule has 0 atom stereocenters. The molecule has 1 N–H and O–H groups in total. The fourth-order valence-electron chi connectivity index (χ4n) is 1.65. The van der Waals surface area contributed by atoms with Crippen LogP contribution in [0.1, 0.15) is 11.1 Å². The quantitative estimate of drug-likeness (QED) is 0.824. The Balaban J connectivity index is 2.67. The van der Waals surface area contributed by atoms with E-state index < -0.39 is 11.8 Å². The van der Waals surface area contributed by atoms with Gasteiger partial charge in [-0.15, -0.1) is 0 Å². The summed E-state index contributed by atoms with van der Waals surface area (Å²) in [6.45, 7) is 1.79. The zero-order chi connectivity index (χ0) is 11.0. The van der Waals surface area contributed by atoms with Gasteiger partial charge in [0.1, 0.15) is 0 Å². The normalized spacial score (nSPS) is 10.8. The third-order valence-corrected chi connectivity index (χ3v) is 2.30. The number of rotatable bonds is 2. The van der Waals surface area contributed by atoms with Crippen molar-refractivity contribution in [2.45, 2.75) is 13.3 Å². The number of carboxylic acid groups (broad SMARTS) is 1. The minimum Gasteiger partial charge on any atom is -0.481 e. The molecule has 1 heterocycles. The summed E-state index contributed by atoms with van der Waals surface area (Å²) in [6, 6.07) is 2.92. The Hall–Kier alpha value is -1.84. The SMILES string of the molecule is Cc1ccc(F)c2occ(CC(=O)O)c12. The van der Waals surface area contributed by atoms with Gasteiger partial charge in [0.25, 0.3) is 0 Å². The lowest BCUT2D eigenvalue weighted by Crippen LogP contribution is -1.99. The van der Waals surface area contributed by atoms with E-state index in [1.807, 2.05) is 0 Å². The molecule has 0 aliphatic heterocycles. The highest BCUT2D eigenvalue weighted by molar-refractivity contribution is 5.88. The summed E-state index contributed by atoms with van der Waals surface area (Å²) < 4.78 is 18.3. The number of benzene rings is 1. The van der Waals surface area contributed by atoms with E-state index >= 15 is 0 Å². The first kappa shape index (κ1) is 9.71. The van der Waals surface area contributed by atoms with Gasteiger partial charge in [-0.3, -0.25) is 4.79 Å². The van der Waals surface area contributed by atoms with Gasteiger partial charge in [0.05, 0.1) is 12.7 Å². The standard InChI is InChI=1S/C11H9FO3/c1-6-2-3-8(12)11-10(6)7(5-15-11)4-9(13)14/h2-3,5H,4H2,1H3,(H,13,14). The van der Waals surface area contributed by atoms with Crippen LogP contribution in [0.3, 0.4) is 0 Å². The van der Waals surface area contributed by atoms with Crippen molar-refractivity contribution in [2.24, 2.45) is 0 Å². The fraction of sp³-hybridized carbons (Fsp3) is 0.182. The lowest BCUT2D eigenvalue weighted by atomic mass is 10.1. The second-order valence-corrected chi connectivity index (χ2v) is 3.40. The first-order chi connectivity index (χ1) is 7.09. The van der Waals surface area contributed by atoms with Crippen LogP contribution in [0.25, 0.3) is 11.0 Å². The number of halogens is 1. The van der Waals surface area contributed by atoms with E-state index in [1.165, 1.54) is 12.3 Å². The zero-order valence-electron chi connectivity index (χ0n) is 8.08. The Kier molecular flexibility index (Phi) is 2.19. The van der Waals surface area contributed by atoms with E-state index in [2.05, 4.69) is 0 Å². The van der Waals surface area contributed by atoms with Gasteiger partial charge in [-0.25, -0.2) is 4.39 Å². The molecule has 0 unspecified atom stereocenters. The summed E-state index contributed by atoms with van der Waals surface area (Å²) in [5.41, 5.74) is 1.46. The maximum atomic E-state index is 13.3. The van der Waals surface area contributed by atoms with E-state index in [1.54, 1.807) is 13.0 Å². The average Bonchev–Trinajstić information content (AvgIpc) is 2.56. The number of carboxylic acids is 1. The van der Waals surface area contributed by atoms with Crippen molar-refractivity contribution >= 4 is 16.9 Å². The van der Waals surface area contributed by atoms with Crippen LogP contribution >= 0.6 is 0 Å². The molecular weight excluding hydrogens is 199 g/mol. The Morgan fingerprint density at radius 1 is 1.53 bits per heavy atom. The summed E-state index contributed by atoms with van der Waals surface area (Å²) in [4.78, 5) is 10.6. The molecule has 0 amide bonds. The molecule has 1 aromatic carbocycles. The summed E-state index contributed by atoms with van der Waals surface area (Å²) >= 11 is 0. The largest absolute Gasteiger partial charge is 0.481 e. The topological polar surface area (TPSA) is 50.4 Å². The van der Waals surface area contributed by atoms with Crippen LogP contribution < -0.4 is 0 Å². The lowest BCUT2D eigenvalue weighted by molar-refractivity contribution is -0.136. The third kappa shape index (κ3) is 1.58. The van der Waals surface area contributed by atoms with E-state index in [0.717, 1.165) is 5.56 Å². The van der Waals surface area contributed by atoms with Gasteiger partial charge in [-0.05, 0) is 18.6 Å². The van der Waals surface area contributed by atoms with Crippen molar-refractivity contribution in [3.8, 4) is 0 Å². The number of aryl methyl sites for hydroxylation is 1. The van der Waals surface area contributed by atoms with Gasteiger partial charge >= 0.3 is 5.97 Å². The number of fused-ring (bicyclic) bond motifs is 1. The molecule has 78 valence electrons. The van der Waals surface area contributed by atoms with Crippen LogP contribution in [0.4, 0.5) is 4.39 Å². The monoisotopic (exact) mass is 208 g/mol. The minimum atomic E-state index is -0.957. The number of aliphatic carboxylic acids is 1. The van der Waals surface area contributed by atoms with Crippen molar-refractivity contribution in [3.05, 3.63) is 35.3 Å². The zero-order valence-corrected chi connectivity index (χ0v) is 8.08. The predicted molar refractivity (Wildman–Crippen MR) is 52.2 cm³/mol. The van der Waals surface area contributed by atoms with Crippen LogP contribution in [0.5, 0.6) is 0 Å².